The largest absolute Gasteiger partial charge is 0.382 e. The minimum Gasteiger partial charge on any atom is -0.382 e. The fourth-order valence-electron chi connectivity index (χ4n) is 3.12. The quantitative estimate of drug-likeness (QED) is 0.421. The van der Waals surface area contributed by atoms with E-state index in [9.17, 15) is 4.79 Å². The average molecular weight is 382 g/mol. The number of imidazole rings is 1. The third-order valence-electron chi connectivity index (χ3n) is 4.67. The highest BCUT2D eigenvalue weighted by Crippen LogP contribution is 2.32. The summed E-state index contributed by atoms with van der Waals surface area (Å²) in [7, 11) is 0. The van der Waals surface area contributed by atoms with E-state index in [0.29, 0.717) is 34.2 Å². The summed E-state index contributed by atoms with van der Waals surface area (Å²) in [5.41, 5.74) is 9.36. The Morgan fingerprint density at radius 3 is 2.78 bits per heavy atom. The Bertz CT molecular complexity index is 1150. The number of anilines is 1. The lowest BCUT2D eigenvalue weighted by Gasteiger charge is -2.16. The molecule has 5 N–H and O–H groups in total. The Hall–Kier alpha value is -2.83. The van der Waals surface area contributed by atoms with Crippen molar-refractivity contribution in [1.29, 1.82) is 0 Å². The molecule has 6 nitrogen and oxygen atoms in total. The molecule has 0 bridgehead atoms. The van der Waals surface area contributed by atoms with Crippen molar-refractivity contribution in [3.63, 3.8) is 0 Å². The first-order valence-corrected chi connectivity index (χ1v) is 9.24. The molecule has 7 heteroatoms. The maximum absolute atomic E-state index is 12.9. The fraction of sp³-hybridized carbons (Fsp3) is 0.200. The minimum absolute atomic E-state index is 0.0259. The number of aromatic amines is 2. The van der Waals surface area contributed by atoms with E-state index < -0.39 is 0 Å². The van der Waals surface area contributed by atoms with Crippen LogP contribution in [-0.4, -0.2) is 27.5 Å². The lowest BCUT2D eigenvalue weighted by atomic mass is 10.1. The molecule has 1 atom stereocenters. The molecule has 4 aromatic rings. The van der Waals surface area contributed by atoms with Crippen molar-refractivity contribution < 1.29 is 0 Å². The van der Waals surface area contributed by atoms with Gasteiger partial charge in [0.1, 0.15) is 11.4 Å². The number of halogens is 1. The number of hydrogen-bond donors (Lipinski definition) is 4. The summed E-state index contributed by atoms with van der Waals surface area (Å²) in [5.74, 6) is 0.506. The van der Waals surface area contributed by atoms with Crippen LogP contribution in [0.1, 0.15) is 13.3 Å². The van der Waals surface area contributed by atoms with Gasteiger partial charge in [-0.3, -0.25) is 4.79 Å². The zero-order valence-corrected chi connectivity index (χ0v) is 15.6. The molecule has 0 saturated carbocycles. The highest BCUT2D eigenvalue weighted by molar-refractivity contribution is 6.31. The van der Waals surface area contributed by atoms with Gasteiger partial charge in [0.25, 0.3) is 5.56 Å². The number of aromatic nitrogens is 3. The van der Waals surface area contributed by atoms with Gasteiger partial charge in [-0.25, -0.2) is 4.98 Å². The second-order valence-electron chi connectivity index (χ2n) is 6.55. The molecule has 2 aromatic carbocycles. The summed E-state index contributed by atoms with van der Waals surface area (Å²) >= 11 is 6.22. The van der Waals surface area contributed by atoms with Crippen LogP contribution in [0.2, 0.25) is 5.02 Å². The minimum atomic E-state index is -0.226. The Morgan fingerprint density at radius 2 is 2.00 bits per heavy atom. The van der Waals surface area contributed by atoms with Crippen LogP contribution in [0.4, 0.5) is 5.69 Å². The molecule has 27 heavy (non-hydrogen) atoms. The van der Waals surface area contributed by atoms with Crippen molar-refractivity contribution in [3.05, 3.63) is 57.8 Å². The van der Waals surface area contributed by atoms with Crippen LogP contribution in [-0.2, 0) is 0 Å². The zero-order chi connectivity index (χ0) is 19.0. The smallest absolute Gasteiger partial charge is 0.261 e. The van der Waals surface area contributed by atoms with Crippen molar-refractivity contribution in [3.8, 4) is 11.4 Å². The van der Waals surface area contributed by atoms with Crippen LogP contribution >= 0.6 is 11.6 Å². The van der Waals surface area contributed by atoms with Gasteiger partial charge in [0.2, 0.25) is 0 Å². The van der Waals surface area contributed by atoms with Gasteiger partial charge in [0, 0.05) is 23.0 Å². The number of pyridine rings is 1. The number of benzene rings is 2. The van der Waals surface area contributed by atoms with Crippen molar-refractivity contribution in [2.75, 3.05) is 11.9 Å². The zero-order valence-electron chi connectivity index (χ0n) is 14.8. The summed E-state index contributed by atoms with van der Waals surface area (Å²) in [6, 6.07) is 13.0. The first-order chi connectivity index (χ1) is 13.1. The molecule has 0 saturated heterocycles. The molecule has 2 heterocycles. The molecule has 138 valence electrons. The second kappa shape index (κ2) is 7.06. The SMILES string of the molecule is CC[C@@H](N)CNc1c(-c2nc3ccccc3[nH]2)c(=O)[nH]c2ccc(Cl)cc12. The van der Waals surface area contributed by atoms with Gasteiger partial charge in [-0.2, -0.15) is 0 Å². The topological polar surface area (TPSA) is 99.6 Å². The molecule has 0 aliphatic rings. The van der Waals surface area contributed by atoms with E-state index in [1.54, 1.807) is 12.1 Å². The summed E-state index contributed by atoms with van der Waals surface area (Å²) in [6.07, 6.45) is 0.828. The van der Waals surface area contributed by atoms with Crippen molar-refractivity contribution in [1.82, 2.24) is 15.0 Å². The molecular weight excluding hydrogens is 362 g/mol. The lowest BCUT2D eigenvalue weighted by Crippen LogP contribution is -2.29. The standard InChI is InChI=1S/C20H20ClN5O/c1-2-12(22)10-23-18-13-9-11(21)7-8-14(13)26-20(27)17(18)19-24-15-5-3-4-6-16(15)25-19/h3-9,12H,2,10,22H2,1H3,(H,24,25)(H2,23,26,27)/t12-/m1/s1. The maximum Gasteiger partial charge on any atom is 0.261 e. The van der Waals surface area contributed by atoms with Crippen LogP contribution in [0.5, 0.6) is 0 Å². The first kappa shape index (κ1) is 17.6. The van der Waals surface area contributed by atoms with E-state index in [2.05, 4.69) is 20.3 Å². The molecule has 0 spiro atoms. The number of para-hydroxylation sites is 2. The Balaban J connectivity index is 1.97. The molecule has 0 radical (unpaired) electrons. The summed E-state index contributed by atoms with van der Waals surface area (Å²) < 4.78 is 0. The van der Waals surface area contributed by atoms with E-state index in [1.807, 2.05) is 37.3 Å². The normalized spacial score (nSPS) is 12.6. The van der Waals surface area contributed by atoms with Gasteiger partial charge in [-0.05, 0) is 36.8 Å². The van der Waals surface area contributed by atoms with Crippen molar-refractivity contribution in [2.24, 2.45) is 5.73 Å². The van der Waals surface area contributed by atoms with Crippen LogP contribution in [0.15, 0.2) is 47.3 Å². The molecular formula is C20H20ClN5O. The molecule has 0 fully saturated rings. The van der Waals surface area contributed by atoms with E-state index >= 15 is 0 Å². The maximum atomic E-state index is 12.9. The van der Waals surface area contributed by atoms with Crippen molar-refractivity contribution in [2.45, 2.75) is 19.4 Å². The number of nitrogens with one attached hydrogen (secondary N) is 3. The van der Waals surface area contributed by atoms with Crippen LogP contribution in [0.3, 0.4) is 0 Å². The monoisotopic (exact) mass is 381 g/mol. The lowest BCUT2D eigenvalue weighted by molar-refractivity contribution is 0.679. The molecule has 0 amide bonds. The molecule has 2 aromatic heterocycles. The number of hydrogen-bond acceptors (Lipinski definition) is 4. The van der Waals surface area contributed by atoms with Gasteiger partial charge in [0.15, 0.2) is 0 Å². The van der Waals surface area contributed by atoms with Crippen LogP contribution in [0, 0.1) is 0 Å². The van der Waals surface area contributed by atoms with Crippen LogP contribution in [0.25, 0.3) is 33.3 Å². The number of fused-ring (bicyclic) bond motifs is 2. The summed E-state index contributed by atoms with van der Waals surface area (Å²) in [4.78, 5) is 23.7. The molecule has 0 aliphatic heterocycles. The summed E-state index contributed by atoms with van der Waals surface area (Å²) in [5, 5.41) is 4.77. The molecule has 0 unspecified atom stereocenters. The van der Waals surface area contributed by atoms with E-state index in [1.165, 1.54) is 0 Å². The molecule has 0 aliphatic carbocycles. The third kappa shape index (κ3) is 3.29. The number of H-pyrrole nitrogens is 2. The first-order valence-electron chi connectivity index (χ1n) is 8.87. The van der Waals surface area contributed by atoms with Gasteiger partial charge < -0.3 is 21.0 Å². The Morgan fingerprint density at radius 1 is 1.19 bits per heavy atom. The van der Waals surface area contributed by atoms with Gasteiger partial charge >= 0.3 is 0 Å². The number of rotatable bonds is 5. The predicted molar refractivity (Wildman–Crippen MR) is 111 cm³/mol. The number of nitrogens with two attached hydrogens (primary N) is 1. The van der Waals surface area contributed by atoms with Gasteiger partial charge in [-0.15, -0.1) is 0 Å². The summed E-state index contributed by atoms with van der Waals surface area (Å²) in [6.45, 7) is 2.56. The van der Waals surface area contributed by atoms with Gasteiger partial charge in [-0.1, -0.05) is 30.7 Å². The average Bonchev–Trinajstić information content (AvgIpc) is 3.09. The van der Waals surface area contributed by atoms with E-state index in [4.69, 9.17) is 17.3 Å². The highest BCUT2D eigenvalue weighted by Gasteiger charge is 2.18. The van der Waals surface area contributed by atoms with Crippen molar-refractivity contribution >= 4 is 39.2 Å². The van der Waals surface area contributed by atoms with Gasteiger partial charge in [0.05, 0.1) is 22.2 Å². The second-order valence-corrected chi connectivity index (χ2v) is 6.98. The Kier molecular flexibility index (Phi) is 4.59. The van der Waals surface area contributed by atoms with E-state index in [0.717, 1.165) is 22.8 Å². The third-order valence-corrected chi connectivity index (χ3v) is 4.90. The van der Waals surface area contributed by atoms with E-state index in [-0.39, 0.29) is 11.6 Å². The predicted octanol–water partition coefficient (Wildman–Crippen LogP) is 3.87. The van der Waals surface area contributed by atoms with Crippen LogP contribution < -0.4 is 16.6 Å². The highest BCUT2D eigenvalue weighted by atomic mass is 35.5. The Labute approximate surface area is 160 Å². The molecule has 4 rings (SSSR count). The number of nitrogens with zero attached hydrogens (tertiary/aromatic N) is 1. The fourth-order valence-corrected chi connectivity index (χ4v) is 3.30.